The van der Waals surface area contributed by atoms with Gasteiger partial charge < -0.3 is 10.1 Å². The van der Waals surface area contributed by atoms with Gasteiger partial charge in [0.2, 0.25) is 5.91 Å². The molecule has 1 aliphatic heterocycles. The third kappa shape index (κ3) is 3.76. The summed E-state index contributed by atoms with van der Waals surface area (Å²) < 4.78 is 5.45. The Hall–Kier alpha value is -1.35. The molecule has 2 aliphatic carbocycles. The molecule has 4 rings (SSSR count). The second-order valence-corrected chi connectivity index (χ2v) is 8.53. The van der Waals surface area contributed by atoms with Crippen LogP contribution < -0.4 is 5.32 Å². The number of ether oxygens (including phenoxy) is 1. The highest BCUT2D eigenvalue weighted by atomic mass is 16.5. The minimum atomic E-state index is -0.292. The minimum absolute atomic E-state index is 0.210. The lowest BCUT2D eigenvalue weighted by Crippen LogP contribution is -2.59. The summed E-state index contributed by atoms with van der Waals surface area (Å²) in [6, 6.07) is 10.3. The average Bonchev–Trinajstić information content (AvgIpc) is 3.08. The number of hydrogen-bond acceptors (Lipinski definition) is 2. The van der Waals surface area contributed by atoms with E-state index >= 15 is 0 Å². The van der Waals surface area contributed by atoms with E-state index in [0.29, 0.717) is 25.6 Å². The Morgan fingerprint density at radius 3 is 2.44 bits per heavy atom. The maximum atomic E-state index is 12.7. The summed E-state index contributed by atoms with van der Waals surface area (Å²) >= 11 is 0. The summed E-state index contributed by atoms with van der Waals surface area (Å²) in [4.78, 5) is 12.7. The van der Waals surface area contributed by atoms with Crippen LogP contribution in [-0.2, 0) is 15.1 Å². The van der Waals surface area contributed by atoms with Gasteiger partial charge in [0, 0.05) is 6.42 Å². The van der Waals surface area contributed by atoms with Crippen molar-refractivity contribution in [3.05, 3.63) is 35.9 Å². The van der Waals surface area contributed by atoms with E-state index in [-0.39, 0.29) is 11.4 Å². The van der Waals surface area contributed by atoms with Gasteiger partial charge in [0.15, 0.2) is 0 Å². The van der Waals surface area contributed by atoms with Crippen molar-refractivity contribution in [1.29, 1.82) is 0 Å². The number of rotatable bonds is 5. The monoisotopic (exact) mass is 341 g/mol. The van der Waals surface area contributed by atoms with Crippen molar-refractivity contribution in [2.45, 2.75) is 63.3 Å². The Morgan fingerprint density at radius 2 is 1.76 bits per heavy atom. The van der Waals surface area contributed by atoms with Crippen molar-refractivity contribution >= 4 is 5.91 Å². The highest BCUT2D eigenvalue weighted by molar-refractivity contribution is 5.77. The first-order chi connectivity index (χ1) is 12.3. The number of carbonyl (C=O) groups is 1. The van der Waals surface area contributed by atoms with Crippen LogP contribution in [0.1, 0.15) is 63.4 Å². The van der Waals surface area contributed by atoms with E-state index in [1.54, 1.807) is 0 Å². The van der Waals surface area contributed by atoms with Crippen LogP contribution in [0, 0.1) is 17.8 Å². The molecule has 1 saturated heterocycles. The number of carbonyl (C=O) groups excluding carboxylic acids is 1. The van der Waals surface area contributed by atoms with Gasteiger partial charge >= 0.3 is 0 Å². The Morgan fingerprint density at radius 1 is 1.00 bits per heavy atom. The van der Waals surface area contributed by atoms with Gasteiger partial charge in [-0.05, 0) is 42.6 Å². The lowest BCUT2D eigenvalue weighted by molar-refractivity contribution is -0.134. The quantitative estimate of drug-likeness (QED) is 0.861. The molecule has 136 valence electrons. The summed E-state index contributed by atoms with van der Waals surface area (Å²) in [5.74, 6) is 2.62. The molecule has 3 nitrogen and oxygen atoms in total. The maximum Gasteiger partial charge on any atom is 0.221 e. The number of benzene rings is 1. The first-order valence-corrected chi connectivity index (χ1v) is 10.2. The smallest absolute Gasteiger partial charge is 0.221 e. The Bertz CT molecular complexity index is 575. The highest BCUT2D eigenvalue weighted by Gasteiger charge is 2.42. The van der Waals surface area contributed by atoms with Gasteiger partial charge in [-0.25, -0.2) is 0 Å². The van der Waals surface area contributed by atoms with Crippen LogP contribution in [-0.4, -0.2) is 19.1 Å². The lowest BCUT2D eigenvalue weighted by atomic mass is 9.79. The SMILES string of the molecule is O=C(CC1CCC(C2CCCCC2)C1)NC1(c2ccccc2)COC1. The Balaban J connectivity index is 1.30. The van der Waals surface area contributed by atoms with Crippen LogP contribution >= 0.6 is 0 Å². The van der Waals surface area contributed by atoms with Crippen molar-refractivity contribution in [2.75, 3.05) is 13.2 Å². The third-order valence-electron chi connectivity index (χ3n) is 6.77. The topological polar surface area (TPSA) is 38.3 Å². The van der Waals surface area contributed by atoms with Crippen molar-refractivity contribution in [3.63, 3.8) is 0 Å². The first-order valence-electron chi connectivity index (χ1n) is 10.2. The molecule has 3 fully saturated rings. The maximum absolute atomic E-state index is 12.7. The van der Waals surface area contributed by atoms with Gasteiger partial charge in [0.25, 0.3) is 0 Å². The van der Waals surface area contributed by atoms with E-state index in [0.717, 1.165) is 11.8 Å². The molecule has 2 saturated carbocycles. The van der Waals surface area contributed by atoms with Crippen LogP contribution in [0.25, 0.3) is 0 Å². The van der Waals surface area contributed by atoms with Gasteiger partial charge in [-0.15, -0.1) is 0 Å². The van der Waals surface area contributed by atoms with Crippen molar-refractivity contribution < 1.29 is 9.53 Å². The van der Waals surface area contributed by atoms with Crippen molar-refractivity contribution in [1.82, 2.24) is 5.32 Å². The van der Waals surface area contributed by atoms with Crippen molar-refractivity contribution in [2.24, 2.45) is 17.8 Å². The fourth-order valence-corrected chi connectivity index (χ4v) is 5.29. The molecule has 0 aromatic heterocycles. The molecule has 1 aromatic rings. The fourth-order valence-electron chi connectivity index (χ4n) is 5.29. The van der Waals surface area contributed by atoms with E-state index in [1.807, 2.05) is 18.2 Å². The van der Waals surface area contributed by atoms with Crippen LogP contribution in [0.4, 0.5) is 0 Å². The standard InChI is InChI=1S/C22H31NO2/c24-21(23-22(15-25-16-22)20-9-5-2-6-10-20)14-17-11-12-19(13-17)18-7-3-1-4-8-18/h2,5-6,9-10,17-19H,1,3-4,7-8,11-16H2,(H,23,24). The zero-order valence-corrected chi connectivity index (χ0v) is 15.2. The molecule has 25 heavy (non-hydrogen) atoms. The zero-order valence-electron chi connectivity index (χ0n) is 15.2. The molecule has 0 spiro atoms. The number of amides is 1. The van der Waals surface area contributed by atoms with Gasteiger partial charge in [-0.3, -0.25) is 4.79 Å². The summed E-state index contributed by atoms with van der Waals surface area (Å²) in [7, 11) is 0. The van der Waals surface area contributed by atoms with Crippen LogP contribution in [0.2, 0.25) is 0 Å². The minimum Gasteiger partial charge on any atom is -0.376 e. The summed E-state index contributed by atoms with van der Waals surface area (Å²) in [5, 5.41) is 3.30. The molecule has 1 N–H and O–H groups in total. The molecular formula is C22H31NO2. The molecule has 0 radical (unpaired) electrons. The lowest BCUT2D eigenvalue weighted by Gasteiger charge is -2.42. The summed E-state index contributed by atoms with van der Waals surface area (Å²) in [6.45, 7) is 1.19. The van der Waals surface area contributed by atoms with Gasteiger partial charge in [0.05, 0.1) is 13.2 Å². The largest absolute Gasteiger partial charge is 0.376 e. The van der Waals surface area contributed by atoms with Gasteiger partial charge in [0.1, 0.15) is 5.54 Å². The Kier molecular flexibility index (Phi) is 5.12. The average molecular weight is 341 g/mol. The molecule has 0 bridgehead atoms. The zero-order chi connectivity index (χ0) is 17.1. The normalized spacial score (nSPS) is 29.1. The van der Waals surface area contributed by atoms with Crippen LogP contribution in [0.3, 0.4) is 0 Å². The molecule has 1 aromatic carbocycles. The van der Waals surface area contributed by atoms with E-state index in [9.17, 15) is 4.79 Å². The second-order valence-electron chi connectivity index (χ2n) is 8.53. The predicted octanol–water partition coefficient (Wildman–Crippen LogP) is 4.42. The molecule has 1 amide bonds. The second kappa shape index (κ2) is 7.49. The Labute approximate surface area is 151 Å². The van der Waals surface area contributed by atoms with E-state index in [2.05, 4.69) is 17.4 Å². The van der Waals surface area contributed by atoms with Crippen molar-refractivity contribution in [3.8, 4) is 0 Å². The third-order valence-corrected chi connectivity index (χ3v) is 6.77. The molecule has 1 heterocycles. The number of nitrogens with one attached hydrogen (secondary N) is 1. The van der Waals surface area contributed by atoms with E-state index in [1.165, 1.54) is 56.9 Å². The molecule has 2 unspecified atom stereocenters. The molecular weight excluding hydrogens is 310 g/mol. The molecule has 3 heteroatoms. The van der Waals surface area contributed by atoms with Gasteiger partial charge in [-0.2, -0.15) is 0 Å². The summed E-state index contributed by atoms with van der Waals surface area (Å²) in [6.07, 6.45) is 11.7. The van der Waals surface area contributed by atoms with Crippen LogP contribution in [0.5, 0.6) is 0 Å². The van der Waals surface area contributed by atoms with Crippen LogP contribution in [0.15, 0.2) is 30.3 Å². The predicted molar refractivity (Wildman–Crippen MR) is 99.1 cm³/mol. The molecule has 3 aliphatic rings. The van der Waals surface area contributed by atoms with Gasteiger partial charge in [-0.1, -0.05) is 62.4 Å². The van der Waals surface area contributed by atoms with E-state index < -0.39 is 0 Å². The molecule has 2 atom stereocenters. The number of hydrogen-bond donors (Lipinski definition) is 1. The highest BCUT2D eigenvalue weighted by Crippen LogP contribution is 2.43. The van der Waals surface area contributed by atoms with E-state index in [4.69, 9.17) is 4.74 Å². The summed E-state index contributed by atoms with van der Waals surface area (Å²) in [5.41, 5.74) is 0.876. The first kappa shape index (κ1) is 17.1. The fraction of sp³-hybridized carbons (Fsp3) is 0.682.